The second-order valence-corrected chi connectivity index (χ2v) is 16.6. The molecule has 0 aromatic heterocycles. The molecule has 4 amide bonds. The van der Waals surface area contributed by atoms with E-state index in [0.29, 0.717) is 53.3 Å². The number of carbonyl (C=O) groups excluding carboxylic acids is 4. The van der Waals surface area contributed by atoms with Gasteiger partial charge in [-0.25, -0.2) is 9.80 Å². The Morgan fingerprint density at radius 3 is 1.12 bits per heavy atom. The maximum Gasteiger partial charge on any atom is 0.266 e. The normalized spacial score (nSPS) is 13.9. The van der Waals surface area contributed by atoms with Crippen molar-refractivity contribution >= 4 is 110 Å². The Labute approximate surface area is 348 Å². The van der Waals surface area contributed by atoms with Crippen LogP contribution in [-0.2, 0) is 12.8 Å². The minimum absolute atomic E-state index is 0.393. The van der Waals surface area contributed by atoms with Crippen molar-refractivity contribution in [2.45, 2.75) is 12.8 Å². The van der Waals surface area contributed by atoms with Gasteiger partial charge in [-0.3, -0.25) is 19.2 Å². The summed E-state index contributed by atoms with van der Waals surface area (Å²) in [4.78, 5) is 60.1. The third kappa shape index (κ3) is 5.08. The van der Waals surface area contributed by atoms with Gasteiger partial charge in [0.25, 0.3) is 23.6 Å². The van der Waals surface area contributed by atoms with Crippen LogP contribution in [0.15, 0.2) is 155 Å². The van der Waals surface area contributed by atoms with Gasteiger partial charge in [-0.1, -0.05) is 129 Å². The lowest BCUT2D eigenvalue weighted by molar-refractivity contribution is 0.0877. The molecule has 0 N–H and O–H groups in total. The van der Waals surface area contributed by atoms with E-state index in [1.54, 1.807) is 24.3 Å². The first-order chi connectivity index (χ1) is 28.3. The summed E-state index contributed by atoms with van der Waals surface area (Å²) in [5, 5.41) is 5.91. The van der Waals surface area contributed by atoms with Crippen LogP contribution in [0.25, 0.3) is 43.1 Å². The molecule has 276 valence electrons. The maximum atomic E-state index is 14.4. The Hall–Kier alpha value is -6.48. The van der Waals surface area contributed by atoms with Crippen molar-refractivity contribution in [3.63, 3.8) is 0 Å². The number of carbonyl (C=O) groups is 4. The number of halogens is 2. The van der Waals surface area contributed by atoms with Gasteiger partial charge >= 0.3 is 0 Å². The molecule has 6 nitrogen and oxygen atoms in total. The highest BCUT2D eigenvalue weighted by Gasteiger charge is 2.39. The molecule has 0 unspecified atom stereocenters. The number of rotatable bonds is 6. The molecule has 0 radical (unpaired) electrons. The molecular formula is C50H28Br2N2O4. The lowest BCUT2D eigenvalue weighted by Gasteiger charge is -2.31. The van der Waals surface area contributed by atoms with E-state index < -0.39 is 23.6 Å². The van der Waals surface area contributed by atoms with Crippen molar-refractivity contribution in [1.29, 1.82) is 0 Å². The third-order valence-corrected chi connectivity index (χ3v) is 12.9. The molecule has 0 fully saturated rings. The average Bonchev–Trinajstić information content (AvgIpc) is 3.24. The summed E-state index contributed by atoms with van der Waals surface area (Å²) in [5.41, 5.74) is 7.17. The molecule has 11 rings (SSSR count). The number of anilines is 2. The van der Waals surface area contributed by atoms with Crippen LogP contribution in [0.2, 0.25) is 0 Å². The SMILES string of the molecule is O=C1c2ccc3c4c(Br)cc5c6c(cc(Br)c(c7ccc(c2c37)C(=O)N1c1ccc(Cc2ccccc2)cc1)c64)C(=O)N(c1ccc(Cc2ccccc2)cc1)C5=O. The summed E-state index contributed by atoms with van der Waals surface area (Å²) in [7, 11) is 0. The molecule has 0 spiro atoms. The number of hydrogen-bond donors (Lipinski definition) is 0. The summed E-state index contributed by atoms with van der Waals surface area (Å²) >= 11 is 7.67. The quantitative estimate of drug-likeness (QED) is 0.0947. The van der Waals surface area contributed by atoms with Crippen LogP contribution in [0.1, 0.15) is 63.7 Å². The van der Waals surface area contributed by atoms with Crippen LogP contribution in [-0.4, -0.2) is 23.6 Å². The van der Waals surface area contributed by atoms with E-state index in [-0.39, 0.29) is 0 Å². The number of imide groups is 2. The molecule has 9 aromatic rings. The Balaban J connectivity index is 1.03. The summed E-state index contributed by atoms with van der Waals surface area (Å²) in [6.07, 6.45) is 1.47. The highest BCUT2D eigenvalue weighted by atomic mass is 79.9. The molecule has 58 heavy (non-hydrogen) atoms. The van der Waals surface area contributed by atoms with Gasteiger partial charge in [0.2, 0.25) is 0 Å². The van der Waals surface area contributed by atoms with Crippen LogP contribution in [0.3, 0.4) is 0 Å². The van der Waals surface area contributed by atoms with Crippen molar-refractivity contribution in [2.24, 2.45) is 0 Å². The number of fused-ring (bicyclic) bond motifs is 2. The largest absolute Gasteiger partial charge is 0.268 e. The number of hydrogen-bond acceptors (Lipinski definition) is 4. The van der Waals surface area contributed by atoms with E-state index >= 15 is 0 Å². The fourth-order valence-electron chi connectivity index (χ4n) is 9.03. The van der Waals surface area contributed by atoms with E-state index in [1.165, 1.54) is 20.9 Å². The minimum Gasteiger partial charge on any atom is -0.268 e. The lowest BCUT2D eigenvalue weighted by atomic mass is 9.82. The fraction of sp³-hybridized carbons (Fsp3) is 0.0400. The van der Waals surface area contributed by atoms with Crippen molar-refractivity contribution in [1.82, 2.24) is 0 Å². The van der Waals surface area contributed by atoms with Gasteiger partial charge in [0.15, 0.2) is 0 Å². The predicted octanol–water partition coefficient (Wildman–Crippen LogP) is 12.0. The molecule has 0 bridgehead atoms. The van der Waals surface area contributed by atoms with Gasteiger partial charge in [-0.2, -0.15) is 0 Å². The smallest absolute Gasteiger partial charge is 0.266 e. The van der Waals surface area contributed by atoms with E-state index in [1.807, 2.05) is 97.1 Å². The predicted molar refractivity (Wildman–Crippen MR) is 237 cm³/mol. The standard InChI is InChI=1S/C50H28Br2N2O4/c51-39-25-37-43-38(50(58)54(49(37)57)32-17-13-30(14-18-32)24-28-9-5-2-6-10-28)26-40(52)45-34-20-22-36-42-35(21-19-33(41(34)42)44(39)46(43)45)47(55)53(48(36)56)31-15-11-29(12-16-31)23-27-7-3-1-4-8-27/h1-22,25-26H,23-24H2. The van der Waals surface area contributed by atoms with Crippen molar-refractivity contribution < 1.29 is 19.2 Å². The van der Waals surface area contributed by atoms with E-state index in [9.17, 15) is 19.2 Å². The van der Waals surface area contributed by atoms with E-state index in [0.717, 1.165) is 56.3 Å². The van der Waals surface area contributed by atoms with Crippen molar-refractivity contribution in [3.8, 4) is 0 Å². The summed E-state index contributed by atoms with van der Waals surface area (Å²) in [6, 6.07) is 46.4. The zero-order valence-electron chi connectivity index (χ0n) is 30.6. The minimum atomic E-state index is -0.408. The Kier molecular flexibility index (Phi) is 7.80. The van der Waals surface area contributed by atoms with Gasteiger partial charge in [0.05, 0.1) is 22.5 Å². The fourth-order valence-corrected chi connectivity index (χ4v) is 10.3. The maximum absolute atomic E-state index is 14.4. The van der Waals surface area contributed by atoms with E-state index in [2.05, 4.69) is 56.1 Å². The summed E-state index contributed by atoms with van der Waals surface area (Å²) in [5.74, 6) is -1.60. The lowest BCUT2D eigenvalue weighted by Crippen LogP contribution is -2.40. The van der Waals surface area contributed by atoms with Crippen LogP contribution in [0.5, 0.6) is 0 Å². The monoisotopic (exact) mass is 878 g/mol. The van der Waals surface area contributed by atoms with Gasteiger partial charge in [0.1, 0.15) is 0 Å². The number of amides is 4. The zero-order chi connectivity index (χ0) is 39.4. The first-order valence-corrected chi connectivity index (χ1v) is 20.5. The second kappa shape index (κ2) is 13.0. The third-order valence-electron chi connectivity index (χ3n) is 11.6. The van der Waals surface area contributed by atoms with Gasteiger partial charge < -0.3 is 0 Å². The first kappa shape index (κ1) is 34.7. The average molecular weight is 881 g/mol. The van der Waals surface area contributed by atoms with Crippen LogP contribution < -0.4 is 9.80 Å². The highest BCUT2D eigenvalue weighted by molar-refractivity contribution is 9.11. The number of benzene rings is 9. The van der Waals surface area contributed by atoms with Crippen LogP contribution in [0.4, 0.5) is 11.4 Å². The van der Waals surface area contributed by atoms with Crippen molar-refractivity contribution in [3.05, 3.63) is 199 Å². The van der Waals surface area contributed by atoms with Crippen LogP contribution in [0, 0.1) is 0 Å². The molecule has 9 aromatic carbocycles. The highest BCUT2D eigenvalue weighted by Crippen LogP contribution is 2.51. The van der Waals surface area contributed by atoms with Gasteiger partial charge in [-0.15, -0.1) is 0 Å². The molecule has 0 saturated carbocycles. The molecule has 0 saturated heterocycles. The molecule has 8 heteroatoms. The molecule has 2 heterocycles. The molecule has 0 atom stereocenters. The Bertz CT molecular complexity index is 3130. The molecule has 0 aliphatic carbocycles. The topological polar surface area (TPSA) is 74.8 Å². The zero-order valence-corrected chi connectivity index (χ0v) is 33.7. The van der Waals surface area contributed by atoms with Crippen molar-refractivity contribution in [2.75, 3.05) is 9.80 Å². The van der Waals surface area contributed by atoms with Gasteiger partial charge in [0, 0.05) is 47.0 Å². The Morgan fingerprint density at radius 2 is 0.707 bits per heavy atom. The van der Waals surface area contributed by atoms with Gasteiger partial charge in [-0.05, 0) is 99.8 Å². The number of nitrogens with zero attached hydrogens (tertiary/aromatic N) is 2. The molecular weight excluding hydrogens is 852 g/mol. The van der Waals surface area contributed by atoms with E-state index in [4.69, 9.17) is 0 Å². The molecule has 2 aliphatic heterocycles. The Morgan fingerprint density at radius 1 is 0.345 bits per heavy atom. The summed E-state index contributed by atoms with van der Waals surface area (Å²) in [6.45, 7) is 0. The second-order valence-electron chi connectivity index (χ2n) is 14.9. The van der Waals surface area contributed by atoms with Crippen LogP contribution >= 0.6 is 31.9 Å². The summed E-state index contributed by atoms with van der Waals surface area (Å²) < 4.78 is 1.33. The first-order valence-electron chi connectivity index (χ1n) is 18.9. The molecule has 2 aliphatic rings.